The summed E-state index contributed by atoms with van der Waals surface area (Å²) in [7, 11) is 0. The molecule has 0 radical (unpaired) electrons. The number of benzene rings is 2. The van der Waals surface area contributed by atoms with Gasteiger partial charge in [-0.3, -0.25) is 4.79 Å². The lowest BCUT2D eigenvalue weighted by Crippen LogP contribution is -2.12. The van der Waals surface area contributed by atoms with Crippen LogP contribution in [0.5, 0.6) is 5.75 Å². The Morgan fingerprint density at radius 1 is 1.19 bits per heavy atom. The fourth-order valence-corrected chi connectivity index (χ4v) is 2.65. The summed E-state index contributed by atoms with van der Waals surface area (Å²) in [5, 5.41) is 7.15. The third-order valence-electron chi connectivity index (χ3n) is 3.72. The molecule has 0 atom stereocenters. The van der Waals surface area contributed by atoms with Crippen molar-refractivity contribution in [2.75, 3.05) is 5.32 Å². The second kappa shape index (κ2) is 7.62. The number of para-hydroxylation sites is 1. The van der Waals surface area contributed by atoms with Crippen LogP contribution in [-0.2, 0) is 0 Å². The molecular weight excluding hydrogens is 352 g/mol. The number of rotatable bonds is 5. The number of nitrogens with one attached hydrogen (secondary N) is 1. The van der Waals surface area contributed by atoms with Crippen LogP contribution >= 0.6 is 11.6 Å². The van der Waals surface area contributed by atoms with Crippen molar-refractivity contribution < 1.29 is 14.1 Å². The zero-order chi connectivity index (χ0) is 18.7. The lowest BCUT2D eigenvalue weighted by Gasteiger charge is -2.11. The molecule has 0 unspecified atom stereocenters. The molecule has 1 amide bonds. The van der Waals surface area contributed by atoms with E-state index in [2.05, 4.69) is 10.5 Å². The predicted molar refractivity (Wildman–Crippen MR) is 102 cm³/mol. The van der Waals surface area contributed by atoms with E-state index >= 15 is 0 Å². The first-order chi connectivity index (χ1) is 12.4. The maximum Gasteiger partial charge on any atom is 0.277 e. The highest BCUT2D eigenvalue weighted by Crippen LogP contribution is 2.31. The number of carbonyl (C=O) groups excluding carboxylic acids is 1. The molecule has 1 aromatic heterocycles. The number of aryl methyl sites for hydroxylation is 1. The topological polar surface area (TPSA) is 64.4 Å². The lowest BCUT2D eigenvalue weighted by atomic mass is 10.1. The van der Waals surface area contributed by atoms with Crippen molar-refractivity contribution >= 4 is 23.2 Å². The Morgan fingerprint density at radius 2 is 1.96 bits per heavy atom. The van der Waals surface area contributed by atoms with E-state index in [9.17, 15) is 4.79 Å². The summed E-state index contributed by atoms with van der Waals surface area (Å²) in [6, 6.07) is 14.4. The minimum Gasteiger partial charge on any atom is -0.489 e. The van der Waals surface area contributed by atoms with E-state index in [4.69, 9.17) is 20.9 Å². The van der Waals surface area contributed by atoms with Crippen molar-refractivity contribution in [3.63, 3.8) is 0 Å². The van der Waals surface area contributed by atoms with Crippen molar-refractivity contribution in [3.05, 3.63) is 64.8 Å². The maximum atomic E-state index is 12.4. The monoisotopic (exact) mass is 370 g/mol. The molecule has 3 rings (SSSR count). The highest BCUT2D eigenvalue weighted by molar-refractivity contribution is 6.32. The second-order valence-electron chi connectivity index (χ2n) is 6.16. The van der Waals surface area contributed by atoms with Gasteiger partial charge in [0, 0.05) is 17.3 Å². The summed E-state index contributed by atoms with van der Waals surface area (Å²) >= 11 is 6.25. The average molecular weight is 371 g/mol. The number of hydrogen-bond donors (Lipinski definition) is 1. The number of aromatic nitrogens is 1. The minimum atomic E-state index is -0.333. The van der Waals surface area contributed by atoms with E-state index < -0.39 is 0 Å². The van der Waals surface area contributed by atoms with Gasteiger partial charge < -0.3 is 14.6 Å². The van der Waals surface area contributed by atoms with Crippen molar-refractivity contribution in [3.8, 4) is 17.1 Å². The zero-order valence-electron chi connectivity index (χ0n) is 14.7. The summed E-state index contributed by atoms with van der Waals surface area (Å²) in [6.07, 6.45) is 0.0281. The Labute approximate surface area is 156 Å². The van der Waals surface area contributed by atoms with Gasteiger partial charge >= 0.3 is 0 Å². The van der Waals surface area contributed by atoms with Crippen LogP contribution in [0, 0.1) is 6.92 Å². The van der Waals surface area contributed by atoms with Gasteiger partial charge in [0.05, 0.1) is 11.1 Å². The number of amides is 1. The Kier molecular flexibility index (Phi) is 5.28. The summed E-state index contributed by atoms with van der Waals surface area (Å²) in [5.74, 6) is 0.723. The zero-order valence-corrected chi connectivity index (χ0v) is 15.5. The van der Waals surface area contributed by atoms with Crippen LogP contribution in [0.15, 0.2) is 53.1 Å². The van der Waals surface area contributed by atoms with Crippen LogP contribution in [0.3, 0.4) is 0 Å². The summed E-state index contributed by atoms with van der Waals surface area (Å²) in [4.78, 5) is 12.4. The van der Waals surface area contributed by atoms with Gasteiger partial charge in [-0.25, -0.2) is 0 Å². The van der Waals surface area contributed by atoms with E-state index in [1.165, 1.54) is 0 Å². The normalized spacial score (nSPS) is 10.8. The molecule has 0 spiro atoms. The highest BCUT2D eigenvalue weighted by atomic mass is 35.5. The number of ether oxygens (including phenoxy) is 1. The number of carbonyl (C=O) groups is 1. The van der Waals surface area contributed by atoms with Crippen molar-refractivity contribution in [2.45, 2.75) is 26.9 Å². The molecule has 3 aromatic rings. The summed E-state index contributed by atoms with van der Waals surface area (Å²) in [5.41, 5.74) is 2.62. The SMILES string of the molecule is Cc1ccccc1NC(=O)c1cc(-c2ccc(OC(C)C)c(Cl)c2)on1. The number of hydrogen-bond acceptors (Lipinski definition) is 4. The smallest absolute Gasteiger partial charge is 0.277 e. The van der Waals surface area contributed by atoms with E-state index in [1.54, 1.807) is 18.2 Å². The first-order valence-corrected chi connectivity index (χ1v) is 8.62. The third kappa shape index (κ3) is 4.06. The van der Waals surface area contributed by atoms with Crippen LogP contribution in [0.25, 0.3) is 11.3 Å². The van der Waals surface area contributed by atoms with Crippen molar-refractivity contribution in [1.82, 2.24) is 5.16 Å². The van der Waals surface area contributed by atoms with E-state index in [-0.39, 0.29) is 17.7 Å². The quantitative estimate of drug-likeness (QED) is 0.658. The van der Waals surface area contributed by atoms with E-state index in [1.807, 2.05) is 51.1 Å². The molecule has 0 aliphatic heterocycles. The Bertz CT molecular complexity index is 934. The van der Waals surface area contributed by atoms with Gasteiger partial charge in [0.1, 0.15) is 5.75 Å². The van der Waals surface area contributed by atoms with Gasteiger partial charge in [-0.05, 0) is 50.6 Å². The minimum absolute atomic E-state index is 0.0281. The predicted octanol–water partition coefficient (Wildman–Crippen LogP) is 5.34. The largest absolute Gasteiger partial charge is 0.489 e. The molecule has 1 N–H and O–H groups in total. The van der Waals surface area contributed by atoms with Crippen LogP contribution in [0.4, 0.5) is 5.69 Å². The molecule has 5 nitrogen and oxygen atoms in total. The molecule has 26 heavy (non-hydrogen) atoms. The van der Waals surface area contributed by atoms with Crippen LogP contribution < -0.4 is 10.1 Å². The van der Waals surface area contributed by atoms with Crippen LogP contribution in [-0.4, -0.2) is 17.2 Å². The fourth-order valence-electron chi connectivity index (χ4n) is 2.42. The molecule has 0 aliphatic rings. The maximum absolute atomic E-state index is 12.4. The van der Waals surface area contributed by atoms with Gasteiger partial charge in [-0.2, -0.15) is 0 Å². The van der Waals surface area contributed by atoms with Gasteiger partial charge in [0.25, 0.3) is 5.91 Å². The van der Waals surface area contributed by atoms with Gasteiger partial charge in [0.2, 0.25) is 0 Å². The molecule has 1 heterocycles. The third-order valence-corrected chi connectivity index (χ3v) is 4.01. The molecular formula is C20H19ClN2O3. The molecule has 2 aromatic carbocycles. The molecule has 0 fully saturated rings. The molecule has 0 saturated carbocycles. The second-order valence-corrected chi connectivity index (χ2v) is 6.56. The van der Waals surface area contributed by atoms with Crippen LogP contribution in [0.2, 0.25) is 5.02 Å². The lowest BCUT2D eigenvalue weighted by molar-refractivity contribution is 0.101. The van der Waals surface area contributed by atoms with E-state index in [0.29, 0.717) is 22.1 Å². The number of halogens is 1. The molecule has 6 heteroatoms. The van der Waals surface area contributed by atoms with Gasteiger partial charge in [-0.1, -0.05) is 35.0 Å². The summed E-state index contributed by atoms with van der Waals surface area (Å²) in [6.45, 7) is 5.78. The fraction of sp³-hybridized carbons (Fsp3) is 0.200. The Balaban J connectivity index is 1.78. The average Bonchev–Trinajstić information content (AvgIpc) is 3.08. The first kappa shape index (κ1) is 18.0. The molecule has 134 valence electrons. The van der Waals surface area contributed by atoms with Crippen LogP contribution in [0.1, 0.15) is 29.9 Å². The summed E-state index contributed by atoms with van der Waals surface area (Å²) < 4.78 is 10.9. The molecule has 0 aliphatic carbocycles. The van der Waals surface area contributed by atoms with Gasteiger partial charge in [-0.15, -0.1) is 0 Å². The highest BCUT2D eigenvalue weighted by Gasteiger charge is 2.16. The van der Waals surface area contributed by atoms with Crippen molar-refractivity contribution in [2.24, 2.45) is 0 Å². The Morgan fingerprint density at radius 3 is 2.65 bits per heavy atom. The molecule has 0 bridgehead atoms. The molecule has 0 saturated heterocycles. The first-order valence-electron chi connectivity index (χ1n) is 8.24. The van der Waals surface area contributed by atoms with Crippen molar-refractivity contribution in [1.29, 1.82) is 0 Å². The number of nitrogens with zero attached hydrogens (tertiary/aromatic N) is 1. The van der Waals surface area contributed by atoms with E-state index in [0.717, 1.165) is 11.3 Å². The van der Waals surface area contributed by atoms with Gasteiger partial charge in [0.15, 0.2) is 11.5 Å². The standard InChI is InChI=1S/C20H19ClN2O3/c1-12(2)25-18-9-8-14(10-15(18)21)19-11-17(23-26-19)20(24)22-16-7-5-4-6-13(16)3/h4-12H,1-3H3,(H,22,24). The number of anilines is 1. The Hall–Kier alpha value is -2.79.